The molecule has 0 saturated heterocycles. The summed E-state index contributed by atoms with van der Waals surface area (Å²) in [6.45, 7) is 2.82. The Morgan fingerprint density at radius 1 is 1.47 bits per heavy atom. The van der Waals surface area contributed by atoms with Gasteiger partial charge in [-0.25, -0.2) is 4.98 Å². The smallest absolute Gasteiger partial charge is 0.139 e. The average molecular weight is 203 g/mol. The summed E-state index contributed by atoms with van der Waals surface area (Å²) in [5, 5.41) is 1.27. The van der Waals surface area contributed by atoms with Crippen molar-refractivity contribution < 1.29 is 0 Å². The van der Waals surface area contributed by atoms with E-state index in [0.717, 1.165) is 25.0 Å². The summed E-state index contributed by atoms with van der Waals surface area (Å²) in [7, 11) is 2.04. The molecule has 0 unspecified atom stereocenters. The SMILES string of the molecule is Cc1cnc2c(c1)c(CCCN)cn2C. The van der Waals surface area contributed by atoms with Gasteiger partial charge in [-0.05, 0) is 43.5 Å². The predicted molar refractivity (Wildman–Crippen MR) is 62.8 cm³/mol. The number of hydrogen-bond acceptors (Lipinski definition) is 2. The molecule has 80 valence electrons. The van der Waals surface area contributed by atoms with E-state index in [1.54, 1.807) is 0 Å². The minimum absolute atomic E-state index is 0.746. The summed E-state index contributed by atoms with van der Waals surface area (Å²) in [4.78, 5) is 4.44. The maximum Gasteiger partial charge on any atom is 0.139 e. The van der Waals surface area contributed by atoms with E-state index in [1.165, 1.54) is 16.5 Å². The van der Waals surface area contributed by atoms with Crippen molar-refractivity contribution in [1.29, 1.82) is 0 Å². The predicted octanol–water partition coefficient (Wildman–Crippen LogP) is 1.77. The van der Waals surface area contributed by atoms with Crippen LogP contribution in [-0.2, 0) is 13.5 Å². The van der Waals surface area contributed by atoms with Crippen molar-refractivity contribution in [3.63, 3.8) is 0 Å². The minimum atomic E-state index is 0.746. The lowest BCUT2D eigenvalue weighted by atomic mass is 10.1. The summed E-state index contributed by atoms with van der Waals surface area (Å²) in [6, 6.07) is 2.20. The van der Waals surface area contributed by atoms with Gasteiger partial charge in [-0.3, -0.25) is 0 Å². The van der Waals surface area contributed by atoms with Crippen LogP contribution in [0.15, 0.2) is 18.5 Å². The van der Waals surface area contributed by atoms with Crippen LogP contribution in [0, 0.1) is 6.92 Å². The van der Waals surface area contributed by atoms with Crippen molar-refractivity contribution in [2.75, 3.05) is 6.54 Å². The first kappa shape index (κ1) is 10.2. The Morgan fingerprint density at radius 2 is 2.27 bits per heavy atom. The molecule has 0 aliphatic heterocycles. The summed E-state index contributed by atoms with van der Waals surface area (Å²) in [5.74, 6) is 0. The molecule has 0 aromatic carbocycles. The average Bonchev–Trinajstić information content (AvgIpc) is 2.52. The Balaban J connectivity index is 2.49. The molecule has 2 aromatic rings. The van der Waals surface area contributed by atoms with Crippen LogP contribution in [0.4, 0.5) is 0 Å². The highest BCUT2D eigenvalue weighted by Crippen LogP contribution is 2.20. The maximum absolute atomic E-state index is 5.53. The Bertz CT molecular complexity index is 471. The summed E-state index contributed by atoms with van der Waals surface area (Å²) in [6.07, 6.45) is 6.15. The zero-order valence-electron chi connectivity index (χ0n) is 9.33. The standard InChI is InChI=1S/C12H17N3/c1-9-6-11-10(4-3-5-13)8-15(2)12(11)14-7-9/h6-8H,3-5,13H2,1-2H3. The van der Waals surface area contributed by atoms with Crippen LogP contribution < -0.4 is 5.73 Å². The first-order valence-electron chi connectivity index (χ1n) is 5.33. The number of aromatic nitrogens is 2. The van der Waals surface area contributed by atoms with Gasteiger partial charge in [0.25, 0.3) is 0 Å². The second-order valence-corrected chi connectivity index (χ2v) is 4.04. The van der Waals surface area contributed by atoms with E-state index in [9.17, 15) is 0 Å². The summed E-state index contributed by atoms with van der Waals surface area (Å²) in [5.41, 5.74) is 9.16. The van der Waals surface area contributed by atoms with E-state index in [2.05, 4.69) is 28.7 Å². The molecular formula is C12H17N3. The highest BCUT2D eigenvalue weighted by Gasteiger charge is 2.06. The lowest BCUT2D eigenvalue weighted by molar-refractivity contribution is 0.829. The second-order valence-electron chi connectivity index (χ2n) is 4.04. The second kappa shape index (κ2) is 4.03. The third-order valence-electron chi connectivity index (χ3n) is 2.68. The van der Waals surface area contributed by atoms with Crippen LogP contribution in [0.3, 0.4) is 0 Å². The molecule has 3 heteroatoms. The number of rotatable bonds is 3. The molecule has 0 bridgehead atoms. The molecule has 2 heterocycles. The Kier molecular flexibility index (Phi) is 2.73. The largest absolute Gasteiger partial charge is 0.335 e. The van der Waals surface area contributed by atoms with Gasteiger partial charge in [0.2, 0.25) is 0 Å². The van der Waals surface area contributed by atoms with Crippen LogP contribution in [0.2, 0.25) is 0 Å². The minimum Gasteiger partial charge on any atom is -0.335 e. The van der Waals surface area contributed by atoms with Gasteiger partial charge < -0.3 is 10.3 Å². The number of fused-ring (bicyclic) bond motifs is 1. The molecule has 0 radical (unpaired) electrons. The van der Waals surface area contributed by atoms with Crippen molar-refractivity contribution >= 4 is 11.0 Å². The van der Waals surface area contributed by atoms with Crippen LogP contribution in [-0.4, -0.2) is 16.1 Å². The fraction of sp³-hybridized carbons (Fsp3) is 0.417. The molecule has 2 aromatic heterocycles. The fourth-order valence-corrected chi connectivity index (χ4v) is 1.94. The Labute approximate surface area is 89.9 Å². The molecule has 2 N–H and O–H groups in total. The van der Waals surface area contributed by atoms with E-state index >= 15 is 0 Å². The number of hydrogen-bond donors (Lipinski definition) is 1. The van der Waals surface area contributed by atoms with Crippen molar-refractivity contribution in [1.82, 2.24) is 9.55 Å². The van der Waals surface area contributed by atoms with E-state index in [0.29, 0.717) is 0 Å². The first-order valence-corrected chi connectivity index (χ1v) is 5.33. The number of nitrogens with zero attached hydrogens (tertiary/aromatic N) is 2. The van der Waals surface area contributed by atoms with Crippen molar-refractivity contribution in [2.45, 2.75) is 19.8 Å². The summed E-state index contributed by atoms with van der Waals surface area (Å²) < 4.78 is 2.08. The van der Waals surface area contributed by atoms with Gasteiger partial charge in [0.05, 0.1) is 0 Å². The lowest BCUT2D eigenvalue weighted by Crippen LogP contribution is -1.99. The van der Waals surface area contributed by atoms with Crippen molar-refractivity contribution in [2.24, 2.45) is 12.8 Å². The van der Waals surface area contributed by atoms with E-state index in [4.69, 9.17) is 5.73 Å². The monoisotopic (exact) mass is 203 g/mol. The zero-order valence-corrected chi connectivity index (χ0v) is 9.33. The molecule has 0 amide bonds. The van der Waals surface area contributed by atoms with Gasteiger partial charge in [0.1, 0.15) is 5.65 Å². The molecule has 0 aliphatic carbocycles. The van der Waals surface area contributed by atoms with E-state index < -0.39 is 0 Å². The zero-order chi connectivity index (χ0) is 10.8. The Hall–Kier alpha value is -1.35. The van der Waals surface area contributed by atoms with E-state index in [1.807, 2.05) is 13.2 Å². The molecule has 15 heavy (non-hydrogen) atoms. The van der Waals surface area contributed by atoms with Gasteiger partial charge in [-0.1, -0.05) is 0 Å². The first-order chi connectivity index (χ1) is 7.22. The molecule has 2 rings (SSSR count). The molecular weight excluding hydrogens is 186 g/mol. The molecule has 3 nitrogen and oxygen atoms in total. The van der Waals surface area contributed by atoms with Gasteiger partial charge in [-0.2, -0.15) is 0 Å². The maximum atomic E-state index is 5.53. The van der Waals surface area contributed by atoms with Crippen LogP contribution in [0.25, 0.3) is 11.0 Å². The highest BCUT2D eigenvalue weighted by atomic mass is 15.0. The van der Waals surface area contributed by atoms with Crippen LogP contribution >= 0.6 is 0 Å². The van der Waals surface area contributed by atoms with Gasteiger partial charge in [0, 0.05) is 24.8 Å². The van der Waals surface area contributed by atoms with Crippen molar-refractivity contribution in [3.05, 3.63) is 29.6 Å². The van der Waals surface area contributed by atoms with Crippen molar-refractivity contribution in [3.8, 4) is 0 Å². The van der Waals surface area contributed by atoms with E-state index in [-0.39, 0.29) is 0 Å². The molecule has 0 atom stereocenters. The van der Waals surface area contributed by atoms with Crippen LogP contribution in [0.1, 0.15) is 17.5 Å². The van der Waals surface area contributed by atoms with Crippen LogP contribution in [0.5, 0.6) is 0 Å². The van der Waals surface area contributed by atoms with Gasteiger partial charge in [0.15, 0.2) is 0 Å². The fourth-order valence-electron chi connectivity index (χ4n) is 1.94. The quantitative estimate of drug-likeness (QED) is 0.826. The number of aryl methyl sites for hydroxylation is 3. The molecule has 0 saturated carbocycles. The topological polar surface area (TPSA) is 43.8 Å². The molecule has 0 aliphatic rings. The molecule has 0 fully saturated rings. The number of nitrogens with two attached hydrogens (primary N) is 1. The third kappa shape index (κ3) is 1.88. The molecule has 0 spiro atoms. The summed E-state index contributed by atoms with van der Waals surface area (Å²) >= 11 is 0. The normalized spacial score (nSPS) is 11.1. The van der Waals surface area contributed by atoms with Gasteiger partial charge >= 0.3 is 0 Å². The lowest BCUT2D eigenvalue weighted by Gasteiger charge is -1.98. The third-order valence-corrected chi connectivity index (χ3v) is 2.68. The number of pyridine rings is 1. The highest BCUT2D eigenvalue weighted by molar-refractivity contribution is 5.80. The van der Waals surface area contributed by atoms with Gasteiger partial charge in [-0.15, -0.1) is 0 Å². The Morgan fingerprint density at radius 3 is 3.00 bits per heavy atom.